The number of hydrogen-bond donors (Lipinski definition) is 2. The van der Waals surface area contributed by atoms with Crippen molar-refractivity contribution in [2.45, 2.75) is 19.6 Å². The highest BCUT2D eigenvalue weighted by molar-refractivity contribution is 5.77. The predicted octanol–water partition coefficient (Wildman–Crippen LogP) is 0.104. The Bertz CT molecular complexity index is 367. The molecule has 0 spiro atoms. The van der Waals surface area contributed by atoms with Crippen LogP contribution in [0.15, 0.2) is 18.3 Å². The Balaban J connectivity index is 2.33. The number of nitrogens with zero attached hydrogens (tertiary/aromatic N) is 1. The quantitative estimate of drug-likeness (QED) is 0.721. The van der Waals surface area contributed by atoms with Crippen LogP contribution in [0.25, 0.3) is 0 Å². The van der Waals surface area contributed by atoms with E-state index in [0.29, 0.717) is 18.1 Å². The summed E-state index contributed by atoms with van der Waals surface area (Å²) in [5.41, 5.74) is 0.556. The minimum atomic E-state index is -0.217. The molecular formula is C12H18N2O4. The average molecular weight is 254 g/mol. The molecule has 1 rings (SSSR count). The number of rotatable bonds is 7. The van der Waals surface area contributed by atoms with Gasteiger partial charge in [0, 0.05) is 13.2 Å². The van der Waals surface area contributed by atoms with Crippen LogP contribution in [0.3, 0.4) is 0 Å². The van der Waals surface area contributed by atoms with Gasteiger partial charge in [-0.3, -0.25) is 9.78 Å². The molecular weight excluding hydrogens is 236 g/mol. The number of aromatic nitrogens is 1. The smallest absolute Gasteiger partial charge is 0.258 e. The van der Waals surface area contributed by atoms with E-state index in [1.165, 1.54) is 6.20 Å². The third-order valence-corrected chi connectivity index (χ3v) is 2.15. The van der Waals surface area contributed by atoms with Crippen LogP contribution in [0.4, 0.5) is 0 Å². The van der Waals surface area contributed by atoms with Crippen molar-refractivity contribution >= 4 is 5.91 Å². The summed E-state index contributed by atoms with van der Waals surface area (Å²) in [6.07, 6.45) is 1.47. The summed E-state index contributed by atoms with van der Waals surface area (Å²) < 4.78 is 10.2. The van der Waals surface area contributed by atoms with Crippen LogP contribution in [0.5, 0.6) is 5.75 Å². The summed E-state index contributed by atoms with van der Waals surface area (Å²) in [6.45, 7) is 2.11. The zero-order chi connectivity index (χ0) is 13.4. The molecule has 0 saturated carbocycles. The maximum absolute atomic E-state index is 11.5. The second-order valence-electron chi connectivity index (χ2n) is 3.86. The number of amides is 1. The molecule has 0 saturated heterocycles. The largest absolute Gasteiger partial charge is 0.482 e. The monoisotopic (exact) mass is 254 g/mol. The fraction of sp³-hybridized carbons (Fsp3) is 0.500. The van der Waals surface area contributed by atoms with Crippen molar-refractivity contribution in [1.29, 1.82) is 0 Å². The molecule has 6 heteroatoms. The molecule has 0 aliphatic carbocycles. The van der Waals surface area contributed by atoms with E-state index < -0.39 is 0 Å². The molecule has 1 heterocycles. The number of ether oxygens (including phenoxy) is 2. The molecule has 1 aromatic rings. The van der Waals surface area contributed by atoms with Gasteiger partial charge in [0.2, 0.25) is 0 Å². The van der Waals surface area contributed by atoms with Gasteiger partial charge in [-0.2, -0.15) is 0 Å². The van der Waals surface area contributed by atoms with Crippen molar-refractivity contribution in [3.63, 3.8) is 0 Å². The van der Waals surface area contributed by atoms with Crippen LogP contribution < -0.4 is 10.1 Å². The molecule has 1 aromatic heterocycles. The highest BCUT2D eigenvalue weighted by atomic mass is 16.5. The molecule has 1 atom stereocenters. The second kappa shape index (κ2) is 7.62. The minimum absolute atomic E-state index is 0.0546. The lowest BCUT2D eigenvalue weighted by molar-refractivity contribution is -0.124. The number of aliphatic hydroxyl groups excluding tert-OH is 1. The topological polar surface area (TPSA) is 80.7 Å². The summed E-state index contributed by atoms with van der Waals surface area (Å²) in [4.78, 5) is 15.4. The molecule has 1 unspecified atom stereocenters. The molecule has 6 nitrogen and oxygen atoms in total. The third-order valence-electron chi connectivity index (χ3n) is 2.15. The first-order valence-corrected chi connectivity index (χ1v) is 5.62. The second-order valence-corrected chi connectivity index (χ2v) is 3.86. The third kappa shape index (κ3) is 5.11. The van der Waals surface area contributed by atoms with Gasteiger partial charge in [-0.15, -0.1) is 0 Å². The van der Waals surface area contributed by atoms with Gasteiger partial charge in [-0.25, -0.2) is 0 Å². The molecule has 0 fully saturated rings. The number of nitrogens with one attached hydrogen (secondary N) is 1. The van der Waals surface area contributed by atoms with Crippen molar-refractivity contribution in [3.05, 3.63) is 24.0 Å². The number of pyridine rings is 1. The van der Waals surface area contributed by atoms with Gasteiger partial charge in [0.1, 0.15) is 5.75 Å². The van der Waals surface area contributed by atoms with Crippen LogP contribution in [0, 0.1) is 0 Å². The lowest BCUT2D eigenvalue weighted by Crippen LogP contribution is -2.38. The summed E-state index contributed by atoms with van der Waals surface area (Å²) in [6, 6.07) is 3.24. The first kappa shape index (κ1) is 14.4. The van der Waals surface area contributed by atoms with E-state index in [-0.39, 0.29) is 25.2 Å². The molecule has 2 N–H and O–H groups in total. The van der Waals surface area contributed by atoms with Crippen LogP contribution in [0.1, 0.15) is 12.6 Å². The lowest BCUT2D eigenvalue weighted by atomic mass is 10.3. The van der Waals surface area contributed by atoms with E-state index >= 15 is 0 Å². The normalized spacial score (nSPS) is 11.9. The van der Waals surface area contributed by atoms with E-state index in [1.807, 2.05) is 6.92 Å². The Kier molecular flexibility index (Phi) is 6.10. The van der Waals surface area contributed by atoms with Gasteiger partial charge in [-0.05, 0) is 19.1 Å². The van der Waals surface area contributed by atoms with Crippen LogP contribution in [0.2, 0.25) is 0 Å². The van der Waals surface area contributed by atoms with Crippen LogP contribution in [-0.2, 0) is 16.1 Å². The molecule has 0 bridgehead atoms. The fourth-order valence-electron chi connectivity index (χ4n) is 1.35. The van der Waals surface area contributed by atoms with Crippen molar-refractivity contribution in [1.82, 2.24) is 10.3 Å². The van der Waals surface area contributed by atoms with Gasteiger partial charge in [-0.1, -0.05) is 0 Å². The molecule has 1 amide bonds. The zero-order valence-corrected chi connectivity index (χ0v) is 10.5. The van der Waals surface area contributed by atoms with Crippen molar-refractivity contribution in [3.8, 4) is 5.75 Å². The maximum atomic E-state index is 11.5. The Labute approximate surface area is 106 Å². The van der Waals surface area contributed by atoms with Gasteiger partial charge in [0.05, 0.1) is 25.1 Å². The summed E-state index contributed by atoms with van der Waals surface area (Å²) in [5.74, 6) is 0.271. The van der Waals surface area contributed by atoms with Crippen molar-refractivity contribution in [2.24, 2.45) is 0 Å². The number of carbonyl (C=O) groups excluding carboxylic acids is 1. The number of methoxy groups -OCH3 is 1. The van der Waals surface area contributed by atoms with E-state index in [1.54, 1.807) is 19.2 Å². The number of hydrogen-bond acceptors (Lipinski definition) is 5. The summed E-state index contributed by atoms with van der Waals surface area (Å²) >= 11 is 0. The van der Waals surface area contributed by atoms with Crippen molar-refractivity contribution in [2.75, 3.05) is 20.3 Å². The number of carbonyl (C=O) groups is 1. The SMILES string of the molecule is COCC(C)NC(=O)COc1ccc(CO)nc1. The maximum Gasteiger partial charge on any atom is 0.258 e. The Hall–Kier alpha value is -1.66. The Morgan fingerprint density at radius 2 is 2.33 bits per heavy atom. The average Bonchev–Trinajstić information content (AvgIpc) is 2.37. The highest BCUT2D eigenvalue weighted by Gasteiger charge is 2.07. The Morgan fingerprint density at radius 3 is 2.89 bits per heavy atom. The van der Waals surface area contributed by atoms with E-state index in [4.69, 9.17) is 14.6 Å². The first-order chi connectivity index (χ1) is 8.65. The lowest BCUT2D eigenvalue weighted by Gasteiger charge is -2.13. The molecule has 18 heavy (non-hydrogen) atoms. The molecule has 0 aliphatic rings. The summed E-state index contributed by atoms with van der Waals surface area (Å²) in [7, 11) is 1.58. The number of aliphatic hydroxyl groups is 1. The van der Waals surface area contributed by atoms with Gasteiger partial charge in [0.15, 0.2) is 6.61 Å². The van der Waals surface area contributed by atoms with E-state index in [9.17, 15) is 4.79 Å². The van der Waals surface area contributed by atoms with E-state index in [0.717, 1.165) is 0 Å². The van der Waals surface area contributed by atoms with Crippen LogP contribution >= 0.6 is 0 Å². The first-order valence-electron chi connectivity index (χ1n) is 5.62. The molecule has 0 aromatic carbocycles. The minimum Gasteiger partial charge on any atom is -0.482 e. The van der Waals surface area contributed by atoms with Gasteiger partial charge < -0.3 is 19.9 Å². The van der Waals surface area contributed by atoms with E-state index in [2.05, 4.69) is 10.3 Å². The fourth-order valence-corrected chi connectivity index (χ4v) is 1.35. The molecule has 0 radical (unpaired) electrons. The standard InChI is InChI=1S/C12H18N2O4/c1-9(7-17-2)14-12(16)8-18-11-4-3-10(6-15)13-5-11/h3-5,9,15H,6-8H2,1-2H3,(H,14,16). The van der Waals surface area contributed by atoms with Crippen LogP contribution in [-0.4, -0.2) is 42.4 Å². The van der Waals surface area contributed by atoms with Gasteiger partial charge >= 0.3 is 0 Å². The highest BCUT2D eigenvalue weighted by Crippen LogP contribution is 2.08. The van der Waals surface area contributed by atoms with Gasteiger partial charge in [0.25, 0.3) is 5.91 Å². The summed E-state index contributed by atoms with van der Waals surface area (Å²) in [5, 5.41) is 11.5. The van der Waals surface area contributed by atoms with Crippen molar-refractivity contribution < 1.29 is 19.4 Å². The molecule has 0 aliphatic heterocycles. The molecule has 100 valence electrons. The predicted molar refractivity (Wildman–Crippen MR) is 65.1 cm³/mol. The Morgan fingerprint density at radius 1 is 1.56 bits per heavy atom. The zero-order valence-electron chi connectivity index (χ0n) is 10.5.